The minimum atomic E-state index is -2.33. The van der Waals surface area contributed by atoms with E-state index in [1.54, 1.807) is 0 Å². The molecule has 0 aromatic rings. The normalized spacial score (nSPS) is 14.9. The lowest BCUT2D eigenvalue weighted by Gasteiger charge is -2.42. The molecule has 0 aromatic heterocycles. The first-order valence-electron chi connectivity index (χ1n) is 9.30. The Morgan fingerprint density at radius 2 is 0.960 bits per heavy atom. The second-order valence-electron chi connectivity index (χ2n) is 9.66. The molecule has 0 aromatic carbocycles. The van der Waals surface area contributed by atoms with Gasteiger partial charge in [0.05, 0.1) is 0 Å². The van der Waals surface area contributed by atoms with Crippen molar-refractivity contribution in [3.05, 3.63) is 0 Å². The van der Waals surface area contributed by atoms with Gasteiger partial charge in [-0.05, 0) is 84.5 Å². The molecule has 152 valence electrons. The maximum atomic E-state index is 8.98. The summed E-state index contributed by atoms with van der Waals surface area (Å²) in [6.45, 7) is 24.0. The first-order chi connectivity index (χ1) is 10.9. The number of hydrogen-bond donors (Lipinski definition) is 1. The molecule has 0 aliphatic heterocycles. The topological polar surface area (TPSA) is 57.2 Å². The van der Waals surface area contributed by atoms with Gasteiger partial charge in [-0.15, -0.1) is 0 Å². The monoisotopic (exact) mass is 442 g/mol. The SMILES string of the molecule is C[Si](C)(C)O[Si](C)(C)O[Si](C)(C)O[Si](C)(C)O[Si](C)(C)CCCCO. The smallest absolute Gasteiger partial charge is 0.314 e. The summed E-state index contributed by atoms with van der Waals surface area (Å²) >= 11 is 0. The van der Waals surface area contributed by atoms with Crippen LogP contribution in [0, 0.1) is 0 Å². The van der Waals surface area contributed by atoms with Gasteiger partial charge in [0.25, 0.3) is 0 Å². The van der Waals surface area contributed by atoms with Gasteiger partial charge in [0.2, 0.25) is 0 Å². The summed E-state index contributed by atoms with van der Waals surface area (Å²) < 4.78 is 25.8. The molecule has 0 aliphatic carbocycles. The molecular weight excluding hydrogens is 401 g/mol. The summed E-state index contributed by atoms with van der Waals surface area (Å²) in [7, 11) is -10.3. The third-order valence-electron chi connectivity index (χ3n) is 3.24. The molecule has 0 rings (SSSR count). The van der Waals surface area contributed by atoms with E-state index < -0.39 is 42.3 Å². The lowest BCUT2D eigenvalue weighted by atomic mass is 10.4. The predicted molar refractivity (Wildman–Crippen MR) is 119 cm³/mol. The molecule has 0 fully saturated rings. The number of aliphatic hydroxyl groups is 1. The maximum absolute atomic E-state index is 8.98. The van der Waals surface area contributed by atoms with Crippen LogP contribution in [0.3, 0.4) is 0 Å². The van der Waals surface area contributed by atoms with Gasteiger partial charge in [-0.2, -0.15) is 0 Å². The first-order valence-corrected chi connectivity index (χ1v) is 24.3. The lowest BCUT2D eigenvalue weighted by Crippen LogP contribution is -2.58. The Bertz CT molecular complexity index is 408. The van der Waals surface area contributed by atoms with E-state index in [1.165, 1.54) is 0 Å². The number of rotatable bonds is 12. The predicted octanol–water partition coefficient (Wildman–Crippen LogP) is 4.97. The van der Waals surface area contributed by atoms with Crippen molar-refractivity contribution in [2.75, 3.05) is 6.61 Å². The fourth-order valence-electron chi connectivity index (χ4n) is 3.36. The number of aliphatic hydroxyl groups excluding tert-OH is 1. The van der Waals surface area contributed by atoms with Crippen molar-refractivity contribution in [3.8, 4) is 0 Å². The lowest BCUT2D eigenvalue weighted by molar-refractivity contribution is 0.285. The van der Waals surface area contributed by atoms with Crippen LogP contribution in [0.2, 0.25) is 78.1 Å². The summed E-state index contributed by atoms with van der Waals surface area (Å²) in [5, 5.41) is 8.98. The van der Waals surface area contributed by atoms with Gasteiger partial charge in [-0.1, -0.05) is 6.42 Å². The van der Waals surface area contributed by atoms with E-state index in [0.29, 0.717) is 0 Å². The van der Waals surface area contributed by atoms with Crippen molar-refractivity contribution in [2.24, 2.45) is 0 Å². The third kappa shape index (κ3) is 13.7. The van der Waals surface area contributed by atoms with E-state index in [4.69, 9.17) is 21.6 Å². The number of unbranched alkanes of at least 4 members (excludes halogenated alkanes) is 1. The molecule has 0 saturated carbocycles. The van der Waals surface area contributed by atoms with Crippen LogP contribution in [0.25, 0.3) is 0 Å². The van der Waals surface area contributed by atoms with Crippen LogP contribution in [0.4, 0.5) is 0 Å². The molecule has 0 unspecified atom stereocenters. The van der Waals surface area contributed by atoms with Crippen LogP contribution in [-0.2, 0) is 16.5 Å². The summed E-state index contributed by atoms with van der Waals surface area (Å²) in [6, 6.07) is 1.05. The van der Waals surface area contributed by atoms with Crippen molar-refractivity contribution in [1.29, 1.82) is 0 Å². The Hall–Kier alpha value is 0.884. The molecule has 0 heterocycles. The Morgan fingerprint density at radius 3 is 1.36 bits per heavy atom. The highest BCUT2D eigenvalue weighted by molar-refractivity contribution is 6.90. The van der Waals surface area contributed by atoms with Crippen LogP contribution < -0.4 is 0 Å². The molecule has 5 nitrogen and oxygen atoms in total. The molecule has 1 N–H and O–H groups in total. The largest absolute Gasteiger partial charge is 0.437 e. The van der Waals surface area contributed by atoms with Crippen LogP contribution >= 0.6 is 0 Å². The second-order valence-corrected chi connectivity index (χ2v) is 29.6. The van der Waals surface area contributed by atoms with Gasteiger partial charge in [-0.3, -0.25) is 0 Å². The van der Waals surface area contributed by atoms with E-state index in [2.05, 4.69) is 72.0 Å². The quantitative estimate of drug-likeness (QED) is 0.341. The van der Waals surface area contributed by atoms with Gasteiger partial charge < -0.3 is 21.6 Å². The average molecular weight is 443 g/mol. The molecule has 0 amide bonds. The zero-order valence-corrected chi connectivity index (χ0v) is 23.4. The summed E-state index contributed by atoms with van der Waals surface area (Å²) in [5.74, 6) is 0. The molecule has 10 heteroatoms. The highest BCUT2D eigenvalue weighted by atomic mass is 28.5. The highest BCUT2D eigenvalue weighted by Gasteiger charge is 2.44. The van der Waals surface area contributed by atoms with E-state index >= 15 is 0 Å². The van der Waals surface area contributed by atoms with E-state index in [1.807, 2.05) is 0 Å². The Labute approximate surface area is 161 Å². The van der Waals surface area contributed by atoms with Crippen molar-refractivity contribution in [1.82, 2.24) is 0 Å². The zero-order chi connectivity index (χ0) is 20.2. The summed E-state index contributed by atoms with van der Waals surface area (Å²) in [5.41, 5.74) is 0. The van der Waals surface area contributed by atoms with Crippen LogP contribution in [0.5, 0.6) is 0 Å². The molecule has 0 aliphatic rings. The Morgan fingerprint density at radius 1 is 0.560 bits per heavy atom. The molecule has 0 atom stereocenters. The van der Waals surface area contributed by atoms with Gasteiger partial charge in [0.1, 0.15) is 0 Å². The highest BCUT2D eigenvalue weighted by Crippen LogP contribution is 2.27. The Kier molecular flexibility index (Phi) is 9.72. The number of hydrogen-bond acceptors (Lipinski definition) is 5. The molecule has 0 bridgehead atoms. The summed E-state index contributed by atoms with van der Waals surface area (Å²) in [4.78, 5) is 0. The van der Waals surface area contributed by atoms with Crippen LogP contribution in [-0.4, -0.2) is 54.0 Å². The molecule has 0 saturated heterocycles. The minimum Gasteiger partial charge on any atom is -0.437 e. The van der Waals surface area contributed by atoms with Gasteiger partial charge in [0, 0.05) is 6.61 Å². The van der Waals surface area contributed by atoms with Gasteiger partial charge in [-0.25, -0.2) is 0 Å². The van der Waals surface area contributed by atoms with Crippen molar-refractivity contribution < 1.29 is 21.6 Å². The van der Waals surface area contributed by atoms with E-state index in [9.17, 15) is 0 Å². The van der Waals surface area contributed by atoms with Gasteiger partial charge >= 0.3 is 25.7 Å². The standard InChI is InChI=1S/C15H42O5Si5/c1-21(2,3)17-23(6,7)19-25(10,11)20-24(8,9)18-22(4,5)15-13-12-14-16/h16H,12-15H2,1-11H3. The Balaban J connectivity index is 4.83. The van der Waals surface area contributed by atoms with Crippen molar-refractivity contribution in [2.45, 2.75) is 90.9 Å². The summed E-state index contributed by atoms with van der Waals surface area (Å²) in [6.07, 6.45) is 1.86. The molecule has 0 radical (unpaired) electrons. The average Bonchev–Trinajstić information content (AvgIpc) is 2.18. The minimum absolute atomic E-state index is 0.256. The van der Waals surface area contributed by atoms with Crippen molar-refractivity contribution >= 4 is 42.3 Å². The second kappa shape index (κ2) is 9.39. The molecule has 0 spiro atoms. The fourth-order valence-corrected chi connectivity index (χ4v) is 27.2. The fraction of sp³-hybridized carbons (Fsp3) is 1.00. The third-order valence-corrected chi connectivity index (χ3v) is 21.3. The van der Waals surface area contributed by atoms with Crippen molar-refractivity contribution in [3.63, 3.8) is 0 Å². The maximum Gasteiger partial charge on any atom is 0.314 e. The van der Waals surface area contributed by atoms with Crippen LogP contribution in [0.1, 0.15) is 12.8 Å². The van der Waals surface area contributed by atoms with E-state index in [-0.39, 0.29) is 6.61 Å². The molecular formula is C15H42O5Si5. The zero-order valence-electron chi connectivity index (χ0n) is 18.4. The van der Waals surface area contributed by atoms with E-state index in [0.717, 1.165) is 18.9 Å². The van der Waals surface area contributed by atoms with Gasteiger partial charge in [0.15, 0.2) is 16.6 Å². The molecule has 25 heavy (non-hydrogen) atoms. The first kappa shape index (κ1) is 25.9. The van der Waals surface area contributed by atoms with Crippen LogP contribution in [0.15, 0.2) is 0 Å².